The van der Waals surface area contributed by atoms with Gasteiger partial charge in [0.05, 0.1) is 25.9 Å². The Kier molecular flexibility index (Phi) is 7.26. The molecule has 4 aliphatic carbocycles. The van der Waals surface area contributed by atoms with Crippen LogP contribution in [0.2, 0.25) is 0 Å². The molecule has 0 N–H and O–H groups in total. The van der Waals surface area contributed by atoms with Crippen molar-refractivity contribution in [1.82, 2.24) is 0 Å². The third-order valence-corrected chi connectivity index (χ3v) is 8.14. The van der Waals surface area contributed by atoms with Gasteiger partial charge in [-0.2, -0.15) is 0 Å². The van der Waals surface area contributed by atoms with Gasteiger partial charge in [-0.25, -0.2) is 4.79 Å². The van der Waals surface area contributed by atoms with Gasteiger partial charge in [0.2, 0.25) is 0 Å². The molecule has 0 atom stereocenters. The Morgan fingerprint density at radius 2 is 1.51 bits per heavy atom. The van der Waals surface area contributed by atoms with Gasteiger partial charge in [0, 0.05) is 12.7 Å². The Balaban J connectivity index is 1.37. The summed E-state index contributed by atoms with van der Waals surface area (Å²) in [6.45, 7) is 1.30. The predicted molar refractivity (Wildman–Crippen MR) is 136 cm³/mol. The maximum atomic E-state index is 11.7. The van der Waals surface area contributed by atoms with Gasteiger partial charge in [-0.05, 0) is 91.0 Å². The number of carbonyl (C=O) groups is 1. The summed E-state index contributed by atoms with van der Waals surface area (Å²) >= 11 is 0. The highest BCUT2D eigenvalue weighted by Gasteiger charge is 2.52. The summed E-state index contributed by atoms with van der Waals surface area (Å²) in [5.41, 5.74) is 4.28. The second kappa shape index (κ2) is 10.5. The van der Waals surface area contributed by atoms with Gasteiger partial charge in [-0.1, -0.05) is 36.4 Å². The van der Waals surface area contributed by atoms with E-state index in [0.717, 1.165) is 34.6 Å². The molecule has 2 aromatic carbocycles. The van der Waals surface area contributed by atoms with Crippen molar-refractivity contribution in [2.24, 2.45) is 17.8 Å². The molecule has 4 saturated carbocycles. The molecule has 0 heterocycles. The first-order valence-corrected chi connectivity index (χ1v) is 12.8. The average Bonchev–Trinajstić information content (AvgIpc) is 2.86. The van der Waals surface area contributed by atoms with Crippen molar-refractivity contribution in [1.29, 1.82) is 0 Å². The minimum atomic E-state index is -0.324. The van der Waals surface area contributed by atoms with Crippen molar-refractivity contribution >= 4 is 18.1 Å². The van der Waals surface area contributed by atoms with Crippen molar-refractivity contribution < 1.29 is 23.7 Å². The average molecular weight is 477 g/mol. The Bertz CT molecular complexity index is 1020. The summed E-state index contributed by atoms with van der Waals surface area (Å²) in [6.07, 6.45) is 12.3. The third-order valence-electron chi connectivity index (χ3n) is 8.14. The van der Waals surface area contributed by atoms with Gasteiger partial charge in [0.15, 0.2) is 6.79 Å². The molecule has 0 radical (unpaired) electrons. The molecule has 0 amide bonds. The van der Waals surface area contributed by atoms with Crippen LogP contribution in [0.25, 0.3) is 12.2 Å². The fraction of sp³-hybridized carbons (Fsp3) is 0.500. The van der Waals surface area contributed by atoms with Crippen LogP contribution in [0.1, 0.15) is 65.6 Å². The smallest absolute Gasteiger partial charge is 0.337 e. The molecule has 186 valence electrons. The largest absolute Gasteiger partial charge is 0.467 e. The fourth-order valence-corrected chi connectivity index (χ4v) is 6.99. The second-order valence-electron chi connectivity index (χ2n) is 10.6. The number of carbonyl (C=O) groups excluding carboxylic acids is 1. The summed E-state index contributed by atoms with van der Waals surface area (Å²) in [5.74, 6) is 3.25. The molecule has 2 aromatic rings. The van der Waals surface area contributed by atoms with E-state index in [1.165, 1.54) is 51.2 Å². The van der Waals surface area contributed by atoms with Crippen LogP contribution in [0.5, 0.6) is 5.75 Å². The Morgan fingerprint density at radius 1 is 0.886 bits per heavy atom. The zero-order valence-corrected chi connectivity index (χ0v) is 20.8. The van der Waals surface area contributed by atoms with E-state index >= 15 is 0 Å². The number of rotatable bonds is 10. The lowest BCUT2D eigenvalue weighted by Gasteiger charge is -2.57. The highest BCUT2D eigenvalue weighted by molar-refractivity contribution is 5.89. The van der Waals surface area contributed by atoms with Crippen LogP contribution >= 0.6 is 0 Å². The topological polar surface area (TPSA) is 54.0 Å². The molecular weight excluding hydrogens is 440 g/mol. The van der Waals surface area contributed by atoms with E-state index < -0.39 is 0 Å². The Labute approximate surface area is 208 Å². The van der Waals surface area contributed by atoms with Crippen LogP contribution < -0.4 is 4.74 Å². The molecule has 35 heavy (non-hydrogen) atoms. The number of hydrogen-bond donors (Lipinski definition) is 0. The monoisotopic (exact) mass is 476 g/mol. The van der Waals surface area contributed by atoms with E-state index in [1.54, 1.807) is 19.2 Å². The molecule has 6 rings (SSSR count). The van der Waals surface area contributed by atoms with Crippen LogP contribution in [-0.2, 0) is 19.6 Å². The summed E-state index contributed by atoms with van der Waals surface area (Å²) in [4.78, 5) is 11.7. The molecule has 0 spiro atoms. The van der Waals surface area contributed by atoms with Crippen molar-refractivity contribution in [2.75, 3.05) is 34.2 Å². The highest BCUT2D eigenvalue weighted by atomic mass is 16.7. The summed E-state index contributed by atoms with van der Waals surface area (Å²) in [5, 5.41) is 0. The number of esters is 1. The van der Waals surface area contributed by atoms with Gasteiger partial charge in [0.1, 0.15) is 5.75 Å². The molecule has 5 nitrogen and oxygen atoms in total. The molecule has 4 bridgehead atoms. The normalized spacial score (nSPS) is 26.9. The first kappa shape index (κ1) is 24.1. The van der Waals surface area contributed by atoms with E-state index in [9.17, 15) is 4.79 Å². The van der Waals surface area contributed by atoms with E-state index in [0.29, 0.717) is 18.8 Å². The number of benzene rings is 2. The standard InChI is InChI=1S/C30H36O5/c1-32-11-12-34-20-35-28-16-22(4-3-21-5-8-26(9-6-21)29(31)33-2)7-10-27(28)30-17-23-13-24(18-30)15-25(14-23)19-30/h3-10,16,23-25H,11-15,17-20H2,1-2H3/b4-3+. The second-order valence-corrected chi connectivity index (χ2v) is 10.6. The van der Waals surface area contributed by atoms with Crippen molar-refractivity contribution in [3.8, 4) is 5.75 Å². The van der Waals surface area contributed by atoms with Crippen LogP contribution in [0.4, 0.5) is 0 Å². The molecule has 0 saturated heterocycles. The van der Waals surface area contributed by atoms with Gasteiger partial charge >= 0.3 is 5.97 Å². The van der Waals surface area contributed by atoms with Gasteiger partial charge < -0.3 is 18.9 Å². The summed E-state index contributed by atoms with van der Waals surface area (Å²) in [7, 11) is 3.07. The lowest BCUT2D eigenvalue weighted by Crippen LogP contribution is -2.48. The molecular formula is C30H36O5. The fourth-order valence-electron chi connectivity index (χ4n) is 6.99. The van der Waals surface area contributed by atoms with Gasteiger partial charge in [-0.15, -0.1) is 0 Å². The maximum Gasteiger partial charge on any atom is 0.337 e. The quantitative estimate of drug-likeness (QED) is 0.179. The van der Waals surface area contributed by atoms with Crippen LogP contribution in [0.3, 0.4) is 0 Å². The minimum Gasteiger partial charge on any atom is -0.467 e. The zero-order valence-electron chi connectivity index (χ0n) is 20.8. The molecule has 4 aliphatic rings. The Hall–Kier alpha value is -2.63. The molecule has 0 aliphatic heterocycles. The summed E-state index contributed by atoms with van der Waals surface area (Å²) < 4.78 is 21.8. The first-order valence-electron chi connectivity index (χ1n) is 12.8. The lowest BCUT2D eigenvalue weighted by atomic mass is 9.48. The van der Waals surface area contributed by atoms with Crippen LogP contribution in [0, 0.1) is 17.8 Å². The molecule has 5 heteroatoms. The van der Waals surface area contributed by atoms with E-state index in [4.69, 9.17) is 18.9 Å². The molecule has 0 unspecified atom stereocenters. The van der Waals surface area contributed by atoms with E-state index in [2.05, 4.69) is 30.4 Å². The van der Waals surface area contributed by atoms with Crippen molar-refractivity contribution in [2.45, 2.75) is 43.9 Å². The lowest BCUT2D eigenvalue weighted by molar-refractivity contribution is -0.0189. The van der Waals surface area contributed by atoms with Gasteiger partial charge in [0.25, 0.3) is 0 Å². The first-order chi connectivity index (χ1) is 17.1. The third kappa shape index (κ3) is 5.31. The Morgan fingerprint density at radius 3 is 2.14 bits per heavy atom. The van der Waals surface area contributed by atoms with Gasteiger partial charge in [-0.3, -0.25) is 0 Å². The predicted octanol–water partition coefficient (Wildman–Crippen LogP) is 6.11. The van der Waals surface area contributed by atoms with Crippen molar-refractivity contribution in [3.05, 3.63) is 64.7 Å². The number of hydrogen-bond acceptors (Lipinski definition) is 5. The molecule has 0 aromatic heterocycles. The number of methoxy groups -OCH3 is 2. The van der Waals surface area contributed by atoms with E-state index in [-0.39, 0.29) is 18.2 Å². The van der Waals surface area contributed by atoms with Crippen LogP contribution in [-0.4, -0.2) is 40.2 Å². The minimum absolute atomic E-state index is 0.227. The zero-order chi connectivity index (χ0) is 24.3. The number of ether oxygens (including phenoxy) is 4. The van der Waals surface area contributed by atoms with Crippen molar-refractivity contribution in [3.63, 3.8) is 0 Å². The van der Waals surface area contributed by atoms with Crippen LogP contribution in [0.15, 0.2) is 42.5 Å². The maximum absolute atomic E-state index is 11.7. The van der Waals surface area contributed by atoms with E-state index in [1.807, 2.05) is 12.1 Å². The highest BCUT2D eigenvalue weighted by Crippen LogP contribution is 2.61. The summed E-state index contributed by atoms with van der Waals surface area (Å²) in [6, 6.07) is 14.1. The molecule has 4 fully saturated rings. The SMILES string of the molecule is COCCOCOc1cc(/C=C/c2ccc(C(=O)OC)cc2)ccc1C12CC3CC(CC(C3)C1)C2.